The van der Waals surface area contributed by atoms with Crippen molar-refractivity contribution in [3.05, 3.63) is 60.4 Å². The van der Waals surface area contributed by atoms with E-state index in [1.807, 2.05) is 36.4 Å². The highest BCUT2D eigenvalue weighted by molar-refractivity contribution is 5.65. The van der Waals surface area contributed by atoms with Crippen LogP contribution in [0.1, 0.15) is 5.56 Å². The van der Waals surface area contributed by atoms with E-state index in [1.54, 1.807) is 6.26 Å². The van der Waals surface area contributed by atoms with Gasteiger partial charge in [-0.3, -0.25) is 0 Å². The predicted molar refractivity (Wildman–Crippen MR) is 76.5 cm³/mol. The standard InChI is InChI=1S/C16H14N2O/c1-11-5-7-12(8-6-11)15-10-19-16(18-15)13-3-2-4-14(17)9-13/h2-10H,17H2,1H3. The number of nitrogens with two attached hydrogens (primary N) is 1. The zero-order valence-electron chi connectivity index (χ0n) is 10.6. The van der Waals surface area contributed by atoms with E-state index in [2.05, 4.69) is 24.0 Å². The van der Waals surface area contributed by atoms with E-state index < -0.39 is 0 Å². The molecule has 0 saturated heterocycles. The first-order chi connectivity index (χ1) is 9.22. The maximum absolute atomic E-state index is 5.76. The van der Waals surface area contributed by atoms with Crippen molar-refractivity contribution in [1.82, 2.24) is 4.98 Å². The lowest BCUT2D eigenvalue weighted by Crippen LogP contribution is -1.85. The van der Waals surface area contributed by atoms with Crippen LogP contribution in [0.4, 0.5) is 5.69 Å². The predicted octanol–water partition coefficient (Wildman–Crippen LogP) is 3.90. The minimum atomic E-state index is 0.586. The zero-order chi connectivity index (χ0) is 13.2. The minimum absolute atomic E-state index is 0.586. The second-order valence-electron chi connectivity index (χ2n) is 4.53. The molecule has 0 aliphatic rings. The molecule has 0 aliphatic carbocycles. The first-order valence-corrected chi connectivity index (χ1v) is 6.11. The number of anilines is 1. The summed E-state index contributed by atoms with van der Waals surface area (Å²) in [6.45, 7) is 2.06. The van der Waals surface area contributed by atoms with Gasteiger partial charge in [-0.05, 0) is 25.1 Å². The van der Waals surface area contributed by atoms with E-state index in [0.29, 0.717) is 11.6 Å². The summed E-state index contributed by atoms with van der Waals surface area (Å²) in [7, 11) is 0. The monoisotopic (exact) mass is 250 g/mol. The molecule has 3 rings (SSSR count). The zero-order valence-corrected chi connectivity index (χ0v) is 10.6. The van der Waals surface area contributed by atoms with E-state index in [-0.39, 0.29) is 0 Å². The first kappa shape index (κ1) is 11.5. The van der Waals surface area contributed by atoms with E-state index in [1.165, 1.54) is 5.56 Å². The van der Waals surface area contributed by atoms with Gasteiger partial charge in [-0.2, -0.15) is 0 Å². The number of oxazole rings is 1. The number of aromatic nitrogens is 1. The van der Waals surface area contributed by atoms with E-state index in [4.69, 9.17) is 10.2 Å². The number of aryl methyl sites for hydroxylation is 1. The molecule has 0 aliphatic heterocycles. The average Bonchev–Trinajstić information content (AvgIpc) is 2.89. The van der Waals surface area contributed by atoms with E-state index >= 15 is 0 Å². The fraction of sp³-hybridized carbons (Fsp3) is 0.0625. The highest BCUT2D eigenvalue weighted by Crippen LogP contribution is 2.25. The average molecular weight is 250 g/mol. The number of benzene rings is 2. The Labute approximate surface area is 111 Å². The maximum atomic E-state index is 5.76. The van der Waals surface area contributed by atoms with Gasteiger partial charge in [0.05, 0.1) is 0 Å². The SMILES string of the molecule is Cc1ccc(-c2coc(-c3cccc(N)c3)n2)cc1. The Bertz CT molecular complexity index is 699. The Morgan fingerprint density at radius 3 is 2.53 bits per heavy atom. The van der Waals surface area contributed by atoms with Crippen LogP contribution in [0, 0.1) is 6.92 Å². The molecule has 19 heavy (non-hydrogen) atoms. The Morgan fingerprint density at radius 1 is 1.00 bits per heavy atom. The van der Waals surface area contributed by atoms with Crippen LogP contribution in [-0.2, 0) is 0 Å². The second kappa shape index (κ2) is 4.61. The normalized spacial score (nSPS) is 10.6. The Morgan fingerprint density at radius 2 is 1.79 bits per heavy atom. The molecule has 1 aromatic heterocycles. The molecule has 3 nitrogen and oxygen atoms in total. The van der Waals surface area contributed by atoms with Crippen LogP contribution in [0.5, 0.6) is 0 Å². The largest absolute Gasteiger partial charge is 0.444 e. The molecule has 0 amide bonds. The first-order valence-electron chi connectivity index (χ1n) is 6.11. The summed E-state index contributed by atoms with van der Waals surface area (Å²) >= 11 is 0. The highest BCUT2D eigenvalue weighted by atomic mass is 16.3. The van der Waals surface area contributed by atoms with Gasteiger partial charge < -0.3 is 10.2 Å². The van der Waals surface area contributed by atoms with Crippen molar-refractivity contribution in [3.63, 3.8) is 0 Å². The van der Waals surface area contributed by atoms with E-state index in [9.17, 15) is 0 Å². The van der Waals surface area contributed by atoms with Crippen molar-refractivity contribution in [2.24, 2.45) is 0 Å². The summed E-state index contributed by atoms with van der Waals surface area (Å²) in [5, 5.41) is 0. The Balaban J connectivity index is 1.97. The second-order valence-corrected chi connectivity index (χ2v) is 4.53. The number of rotatable bonds is 2. The molecule has 2 aromatic carbocycles. The van der Waals surface area contributed by atoms with Crippen molar-refractivity contribution < 1.29 is 4.42 Å². The lowest BCUT2D eigenvalue weighted by atomic mass is 10.1. The van der Waals surface area contributed by atoms with Crippen molar-refractivity contribution >= 4 is 5.69 Å². The van der Waals surface area contributed by atoms with Gasteiger partial charge in [0.15, 0.2) is 0 Å². The molecule has 0 fully saturated rings. The maximum Gasteiger partial charge on any atom is 0.226 e. The fourth-order valence-corrected chi connectivity index (χ4v) is 1.93. The molecule has 0 unspecified atom stereocenters. The van der Waals surface area contributed by atoms with Gasteiger partial charge in [-0.15, -0.1) is 0 Å². The Hall–Kier alpha value is -2.55. The van der Waals surface area contributed by atoms with Crippen LogP contribution in [0.25, 0.3) is 22.7 Å². The molecule has 3 aromatic rings. The number of nitrogens with zero attached hydrogens (tertiary/aromatic N) is 1. The van der Waals surface area contributed by atoms with Gasteiger partial charge in [0, 0.05) is 16.8 Å². The van der Waals surface area contributed by atoms with Crippen LogP contribution in [-0.4, -0.2) is 4.98 Å². The molecule has 0 radical (unpaired) electrons. The van der Waals surface area contributed by atoms with Crippen molar-refractivity contribution in [2.75, 3.05) is 5.73 Å². The van der Waals surface area contributed by atoms with Gasteiger partial charge in [0.25, 0.3) is 0 Å². The van der Waals surface area contributed by atoms with Crippen LogP contribution >= 0.6 is 0 Å². The quantitative estimate of drug-likeness (QED) is 0.702. The van der Waals surface area contributed by atoms with Gasteiger partial charge >= 0.3 is 0 Å². The molecular formula is C16H14N2O. The molecule has 94 valence electrons. The Kier molecular flexibility index (Phi) is 2.80. The number of hydrogen-bond acceptors (Lipinski definition) is 3. The molecule has 2 N–H and O–H groups in total. The molecule has 1 heterocycles. The summed E-state index contributed by atoms with van der Waals surface area (Å²) < 4.78 is 5.52. The summed E-state index contributed by atoms with van der Waals surface area (Å²) in [5.74, 6) is 0.586. The summed E-state index contributed by atoms with van der Waals surface area (Å²) in [5.41, 5.74) is 10.5. The van der Waals surface area contributed by atoms with Crippen LogP contribution < -0.4 is 5.73 Å². The number of nitrogen functional groups attached to an aromatic ring is 1. The van der Waals surface area contributed by atoms with Crippen molar-refractivity contribution in [3.8, 4) is 22.7 Å². The third-order valence-electron chi connectivity index (χ3n) is 2.99. The van der Waals surface area contributed by atoms with Gasteiger partial charge in [-0.1, -0.05) is 35.9 Å². The third-order valence-corrected chi connectivity index (χ3v) is 2.99. The highest BCUT2D eigenvalue weighted by Gasteiger charge is 2.08. The van der Waals surface area contributed by atoms with E-state index in [0.717, 1.165) is 16.8 Å². The molecular weight excluding hydrogens is 236 g/mol. The summed E-state index contributed by atoms with van der Waals surface area (Å²) in [6.07, 6.45) is 1.67. The topological polar surface area (TPSA) is 52.0 Å². The molecule has 0 atom stereocenters. The van der Waals surface area contributed by atoms with Gasteiger partial charge in [0.1, 0.15) is 12.0 Å². The van der Waals surface area contributed by atoms with Crippen LogP contribution in [0.2, 0.25) is 0 Å². The molecule has 0 spiro atoms. The third kappa shape index (κ3) is 2.36. The lowest BCUT2D eigenvalue weighted by Gasteiger charge is -1.97. The fourth-order valence-electron chi connectivity index (χ4n) is 1.93. The lowest BCUT2D eigenvalue weighted by molar-refractivity contribution is 0.575. The molecule has 0 bridgehead atoms. The van der Waals surface area contributed by atoms with Crippen molar-refractivity contribution in [1.29, 1.82) is 0 Å². The van der Waals surface area contributed by atoms with Gasteiger partial charge in [-0.25, -0.2) is 4.98 Å². The number of hydrogen-bond donors (Lipinski definition) is 1. The molecule has 0 saturated carbocycles. The minimum Gasteiger partial charge on any atom is -0.444 e. The summed E-state index contributed by atoms with van der Waals surface area (Å²) in [6, 6.07) is 15.7. The molecule has 3 heteroatoms. The van der Waals surface area contributed by atoms with Crippen LogP contribution in [0.15, 0.2) is 59.2 Å². The summed E-state index contributed by atoms with van der Waals surface area (Å²) in [4.78, 5) is 4.50. The van der Waals surface area contributed by atoms with Crippen molar-refractivity contribution in [2.45, 2.75) is 6.92 Å². The van der Waals surface area contributed by atoms with Gasteiger partial charge in [0.2, 0.25) is 5.89 Å². The van der Waals surface area contributed by atoms with Crippen LogP contribution in [0.3, 0.4) is 0 Å². The smallest absolute Gasteiger partial charge is 0.226 e.